The Kier molecular flexibility index (Phi) is 5.30. The van der Waals surface area contributed by atoms with Crippen molar-refractivity contribution in [3.63, 3.8) is 0 Å². The molecule has 2 saturated carbocycles. The predicted molar refractivity (Wildman–Crippen MR) is 72.0 cm³/mol. The van der Waals surface area contributed by atoms with E-state index < -0.39 is 0 Å². The van der Waals surface area contributed by atoms with Crippen LogP contribution in [0.25, 0.3) is 0 Å². The smallest absolute Gasteiger partial charge is 0.0434 e. The van der Waals surface area contributed by atoms with Gasteiger partial charge in [-0.25, -0.2) is 0 Å². The van der Waals surface area contributed by atoms with E-state index >= 15 is 0 Å². The van der Waals surface area contributed by atoms with Crippen LogP contribution in [-0.2, 0) is 0 Å². The Labute approximate surface area is 106 Å². The molecule has 100 valence electrons. The lowest BCUT2D eigenvalue weighted by atomic mass is 9.82. The van der Waals surface area contributed by atoms with E-state index in [0.717, 1.165) is 30.8 Å². The summed E-state index contributed by atoms with van der Waals surface area (Å²) in [5, 5.41) is 12.8. The lowest BCUT2D eigenvalue weighted by molar-refractivity contribution is 0.227. The van der Waals surface area contributed by atoms with Gasteiger partial charge in [-0.15, -0.1) is 0 Å². The molecule has 0 radical (unpaired) electrons. The third-order valence-corrected chi connectivity index (χ3v) is 4.81. The number of hydrogen-bond donors (Lipinski definition) is 2. The Morgan fingerprint density at radius 1 is 1.18 bits per heavy atom. The maximum absolute atomic E-state index is 9.00. The Hall–Kier alpha value is -0.0800. The molecule has 0 saturated heterocycles. The summed E-state index contributed by atoms with van der Waals surface area (Å²) >= 11 is 0. The van der Waals surface area contributed by atoms with Crippen molar-refractivity contribution in [2.75, 3.05) is 13.2 Å². The molecule has 0 heterocycles. The molecule has 0 aliphatic heterocycles. The molecule has 2 N–H and O–H groups in total. The molecule has 2 aliphatic carbocycles. The second-order valence-corrected chi connectivity index (χ2v) is 6.16. The summed E-state index contributed by atoms with van der Waals surface area (Å²) in [6.07, 6.45) is 10.8. The van der Waals surface area contributed by atoms with Crippen molar-refractivity contribution >= 4 is 0 Å². The molecule has 3 unspecified atom stereocenters. The SMILES string of the molecule is CCC(CCO)CNC1CCCC(C2CC2)C1. The van der Waals surface area contributed by atoms with Gasteiger partial charge in [-0.2, -0.15) is 0 Å². The van der Waals surface area contributed by atoms with Crippen LogP contribution >= 0.6 is 0 Å². The predicted octanol–water partition coefficient (Wildman–Crippen LogP) is 2.95. The van der Waals surface area contributed by atoms with Crippen molar-refractivity contribution in [2.45, 2.75) is 64.3 Å². The fourth-order valence-electron chi connectivity index (χ4n) is 3.38. The first-order valence-corrected chi connectivity index (χ1v) is 7.67. The molecule has 3 atom stereocenters. The van der Waals surface area contributed by atoms with Crippen molar-refractivity contribution in [1.82, 2.24) is 5.32 Å². The first-order valence-electron chi connectivity index (χ1n) is 7.67. The topological polar surface area (TPSA) is 32.3 Å². The van der Waals surface area contributed by atoms with Crippen LogP contribution in [0.3, 0.4) is 0 Å². The number of aliphatic hydroxyl groups is 1. The van der Waals surface area contributed by atoms with E-state index in [9.17, 15) is 0 Å². The Morgan fingerprint density at radius 2 is 2.00 bits per heavy atom. The molecule has 2 nitrogen and oxygen atoms in total. The summed E-state index contributed by atoms with van der Waals surface area (Å²) in [5.41, 5.74) is 0. The maximum atomic E-state index is 9.00. The van der Waals surface area contributed by atoms with Gasteiger partial charge < -0.3 is 10.4 Å². The van der Waals surface area contributed by atoms with Crippen molar-refractivity contribution in [3.05, 3.63) is 0 Å². The van der Waals surface area contributed by atoms with Gasteiger partial charge in [-0.05, 0) is 56.4 Å². The van der Waals surface area contributed by atoms with Gasteiger partial charge in [-0.1, -0.05) is 26.2 Å². The molecule has 0 amide bonds. The van der Waals surface area contributed by atoms with Crippen molar-refractivity contribution in [1.29, 1.82) is 0 Å². The van der Waals surface area contributed by atoms with E-state index in [1.54, 1.807) is 0 Å². The Bertz CT molecular complexity index is 215. The van der Waals surface area contributed by atoms with Crippen molar-refractivity contribution in [3.8, 4) is 0 Å². The largest absolute Gasteiger partial charge is 0.396 e. The number of hydrogen-bond acceptors (Lipinski definition) is 2. The molecule has 17 heavy (non-hydrogen) atoms. The highest BCUT2D eigenvalue weighted by Gasteiger charge is 2.34. The van der Waals surface area contributed by atoms with Crippen LogP contribution in [-0.4, -0.2) is 24.3 Å². The molecule has 0 spiro atoms. The fourth-order valence-corrected chi connectivity index (χ4v) is 3.38. The van der Waals surface area contributed by atoms with E-state index in [4.69, 9.17) is 5.11 Å². The minimum atomic E-state index is 0.343. The van der Waals surface area contributed by atoms with Crippen LogP contribution in [0.4, 0.5) is 0 Å². The van der Waals surface area contributed by atoms with Gasteiger partial charge in [0.05, 0.1) is 0 Å². The van der Waals surface area contributed by atoms with Gasteiger partial charge in [0.2, 0.25) is 0 Å². The monoisotopic (exact) mass is 239 g/mol. The zero-order chi connectivity index (χ0) is 12.1. The molecule has 0 aromatic carbocycles. The normalized spacial score (nSPS) is 31.4. The standard InChI is InChI=1S/C15H29NO/c1-2-12(8-9-17)11-16-15-5-3-4-14(10-15)13-6-7-13/h12-17H,2-11H2,1H3. The van der Waals surface area contributed by atoms with E-state index in [1.807, 2.05) is 0 Å². The van der Waals surface area contributed by atoms with Gasteiger partial charge in [0.15, 0.2) is 0 Å². The van der Waals surface area contributed by atoms with Crippen LogP contribution < -0.4 is 5.32 Å². The van der Waals surface area contributed by atoms with Crippen molar-refractivity contribution < 1.29 is 5.11 Å². The number of aliphatic hydroxyl groups excluding tert-OH is 1. The summed E-state index contributed by atoms with van der Waals surface area (Å²) in [6, 6.07) is 0.766. The fraction of sp³-hybridized carbons (Fsp3) is 1.00. The highest BCUT2D eigenvalue weighted by atomic mass is 16.3. The van der Waals surface area contributed by atoms with Gasteiger partial charge >= 0.3 is 0 Å². The average Bonchev–Trinajstić information content (AvgIpc) is 3.19. The van der Waals surface area contributed by atoms with E-state index in [1.165, 1.54) is 44.9 Å². The first-order chi connectivity index (χ1) is 8.33. The zero-order valence-electron chi connectivity index (χ0n) is 11.3. The highest BCUT2D eigenvalue weighted by Crippen LogP contribution is 2.43. The van der Waals surface area contributed by atoms with Gasteiger partial charge in [0.25, 0.3) is 0 Å². The van der Waals surface area contributed by atoms with E-state index in [-0.39, 0.29) is 0 Å². The molecule has 0 aromatic rings. The zero-order valence-corrected chi connectivity index (χ0v) is 11.3. The maximum Gasteiger partial charge on any atom is 0.0434 e. The first kappa shape index (κ1) is 13.4. The minimum absolute atomic E-state index is 0.343. The molecular weight excluding hydrogens is 210 g/mol. The molecule has 2 fully saturated rings. The van der Waals surface area contributed by atoms with Crippen LogP contribution in [0.5, 0.6) is 0 Å². The lowest BCUT2D eigenvalue weighted by Gasteiger charge is -2.31. The second-order valence-electron chi connectivity index (χ2n) is 6.16. The van der Waals surface area contributed by atoms with E-state index in [2.05, 4.69) is 12.2 Å². The summed E-state index contributed by atoms with van der Waals surface area (Å²) in [4.78, 5) is 0. The molecule has 0 aromatic heterocycles. The molecule has 2 rings (SSSR count). The van der Waals surface area contributed by atoms with Crippen LogP contribution in [0.2, 0.25) is 0 Å². The Balaban J connectivity index is 1.66. The Morgan fingerprint density at radius 3 is 2.65 bits per heavy atom. The highest BCUT2D eigenvalue weighted by molar-refractivity contribution is 4.88. The van der Waals surface area contributed by atoms with Crippen LogP contribution in [0.1, 0.15) is 58.3 Å². The summed E-state index contributed by atoms with van der Waals surface area (Å²) in [6.45, 7) is 3.69. The van der Waals surface area contributed by atoms with Crippen LogP contribution in [0, 0.1) is 17.8 Å². The van der Waals surface area contributed by atoms with Crippen LogP contribution in [0.15, 0.2) is 0 Å². The van der Waals surface area contributed by atoms with E-state index in [0.29, 0.717) is 12.5 Å². The molecule has 2 aliphatic rings. The van der Waals surface area contributed by atoms with Gasteiger partial charge in [0.1, 0.15) is 0 Å². The minimum Gasteiger partial charge on any atom is -0.396 e. The summed E-state index contributed by atoms with van der Waals surface area (Å²) < 4.78 is 0. The van der Waals surface area contributed by atoms with Gasteiger partial charge in [0, 0.05) is 12.6 Å². The van der Waals surface area contributed by atoms with Crippen molar-refractivity contribution in [2.24, 2.45) is 17.8 Å². The molecular formula is C15H29NO. The summed E-state index contributed by atoms with van der Waals surface area (Å²) in [7, 11) is 0. The molecule has 0 bridgehead atoms. The quantitative estimate of drug-likeness (QED) is 0.716. The third kappa shape index (κ3) is 4.26. The van der Waals surface area contributed by atoms with Gasteiger partial charge in [-0.3, -0.25) is 0 Å². The molecule has 2 heteroatoms. The third-order valence-electron chi connectivity index (χ3n) is 4.81. The lowest BCUT2D eigenvalue weighted by Crippen LogP contribution is -2.37. The number of nitrogens with one attached hydrogen (secondary N) is 1. The average molecular weight is 239 g/mol. The second kappa shape index (κ2) is 6.75. The number of rotatable bonds is 7. The summed E-state index contributed by atoms with van der Waals surface area (Å²) in [5.74, 6) is 2.78.